The van der Waals surface area contributed by atoms with Gasteiger partial charge in [0.1, 0.15) is 0 Å². The van der Waals surface area contributed by atoms with Gasteiger partial charge in [0.15, 0.2) is 0 Å². The predicted octanol–water partition coefficient (Wildman–Crippen LogP) is 3.72. The van der Waals surface area contributed by atoms with Gasteiger partial charge in [-0.1, -0.05) is 30.0 Å². The third kappa shape index (κ3) is 3.74. The monoisotopic (exact) mass is 396 g/mol. The second kappa shape index (κ2) is 7.81. The minimum Gasteiger partial charge on any atom is -0.411 e. The zero-order chi connectivity index (χ0) is 19.5. The summed E-state index contributed by atoms with van der Waals surface area (Å²) in [6.07, 6.45) is 1.92. The Morgan fingerprint density at radius 3 is 2.75 bits per heavy atom. The van der Waals surface area contributed by atoms with E-state index in [2.05, 4.69) is 16.3 Å². The van der Waals surface area contributed by atoms with Gasteiger partial charge < -0.3 is 9.32 Å². The molecular formula is C19H16N4O4S. The molecule has 1 aliphatic rings. The van der Waals surface area contributed by atoms with Crippen molar-refractivity contribution in [2.24, 2.45) is 0 Å². The van der Waals surface area contributed by atoms with Crippen LogP contribution in [0.3, 0.4) is 0 Å². The number of nitro benzene ring substituents is 1. The molecule has 0 unspecified atom stereocenters. The fraction of sp³-hybridized carbons (Fsp3) is 0.211. The number of nitrogens with zero attached hydrogens (tertiary/aromatic N) is 4. The number of hydrogen-bond donors (Lipinski definition) is 0. The average molecular weight is 396 g/mol. The maximum atomic E-state index is 12.7. The van der Waals surface area contributed by atoms with Crippen molar-refractivity contribution in [3.8, 4) is 11.5 Å². The summed E-state index contributed by atoms with van der Waals surface area (Å²) in [7, 11) is 0. The third-order valence-corrected chi connectivity index (χ3v) is 5.27. The van der Waals surface area contributed by atoms with Gasteiger partial charge in [-0.3, -0.25) is 14.9 Å². The van der Waals surface area contributed by atoms with Gasteiger partial charge in [-0.15, -0.1) is 10.2 Å². The lowest BCUT2D eigenvalue weighted by Gasteiger charge is -2.29. The molecule has 2 heterocycles. The molecule has 0 fully saturated rings. The van der Waals surface area contributed by atoms with E-state index in [1.54, 1.807) is 17.0 Å². The van der Waals surface area contributed by atoms with Gasteiger partial charge >= 0.3 is 0 Å². The zero-order valence-electron chi connectivity index (χ0n) is 14.8. The van der Waals surface area contributed by atoms with E-state index >= 15 is 0 Å². The Morgan fingerprint density at radius 2 is 1.96 bits per heavy atom. The molecule has 0 radical (unpaired) electrons. The van der Waals surface area contributed by atoms with Gasteiger partial charge in [-0.25, -0.2) is 0 Å². The lowest BCUT2D eigenvalue weighted by molar-refractivity contribution is -0.384. The van der Waals surface area contributed by atoms with Crippen molar-refractivity contribution in [1.29, 1.82) is 0 Å². The largest absolute Gasteiger partial charge is 0.411 e. The highest BCUT2D eigenvalue weighted by Gasteiger charge is 2.23. The van der Waals surface area contributed by atoms with Gasteiger partial charge in [-0.2, -0.15) is 0 Å². The molecule has 0 bridgehead atoms. The highest BCUT2D eigenvalue weighted by atomic mass is 32.2. The number of hydrogen-bond acceptors (Lipinski definition) is 7. The van der Waals surface area contributed by atoms with Crippen molar-refractivity contribution in [3.63, 3.8) is 0 Å². The lowest BCUT2D eigenvalue weighted by atomic mass is 10.0. The Hall–Kier alpha value is -3.20. The Kier molecular flexibility index (Phi) is 5.07. The minimum atomic E-state index is -0.469. The molecule has 0 saturated carbocycles. The zero-order valence-corrected chi connectivity index (χ0v) is 15.6. The molecule has 8 nitrogen and oxygen atoms in total. The van der Waals surface area contributed by atoms with Gasteiger partial charge in [0.05, 0.1) is 10.7 Å². The number of aromatic nitrogens is 2. The summed E-state index contributed by atoms with van der Waals surface area (Å²) in [6, 6.07) is 13.8. The number of anilines is 1. The van der Waals surface area contributed by atoms with Crippen molar-refractivity contribution >= 4 is 29.0 Å². The van der Waals surface area contributed by atoms with Gasteiger partial charge in [0.25, 0.3) is 10.9 Å². The normalized spacial score (nSPS) is 13.2. The molecule has 0 aliphatic carbocycles. The Labute approximate surface area is 164 Å². The standard InChI is InChI=1S/C19H16N4O4S/c24-17(22-11-3-5-13-4-1-2-6-16(13)22)12-28-19-21-20-18(27-19)14-7-9-15(10-8-14)23(25)26/h1-2,4,6-10H,3,5,11-12H2. The first-order valence-corrected chi connectivity index (χ1v) is 9.70. The van der Waals surface area contributed by atoms with Crippen molar-refractivity contribution in [2.75, 3.05) is 17.2 Å². The van der Waals surface area contributed by atoms with Crippen LogP contribution in [0.4, 0.5) is 11.4 Å². The van der Waals surface area contributed by atoms with Crippen LogP contribution in [-0.2, 0) is 11.2 Å². The highest BCUT2D eigenvalue weighted by Crippen LogP contribution is 2.29. The summed E-state index contributed by atoms with van der Waals surface area (Å²) < 4.78 is 5.58. The molecule has 9 heteroatoms. The molecule has 0 spiro atoms. The predicted molar refractivity (Wildman–Crippen MR) is 104 cm³/mol. The Bertz CT molecular complexity index is 1020. The van der Waals surface area contributed by atoms with Gasteiger partial charge in [-0.05, 0) is 36.6 Å². The number of carbonyl (C=O) groups is 1. The van der Waals surface area contributed by atoms with E-state index in [9.17, 15) is 14.9 Å². The van der Waals surface area contributed by atoms with Crippen LogP contribution in [0.25, 0.3) is 11.5 Å². The SMILES string of the molecule is O=C(CSc1nnc(-c2ccc([N+](=O)[O-])cc2)o1)N1CCCc2ccccc21. The molecule has 0 N–H and O–H groups in total. The molecule has 2 aromatic carbocycles. The van der Waals surface area contributed by atoms with Gasteiger partial charge in [0.2, 0.25) is 11.8 Å². The Morgan fingerprint density at radius 1 is 1.18 bits per heavy atom. The van der Waals surface area contributed by atoms with Crippen LogP contribution in [-0.4, -0.2) is 33.3 Å². The number of fused-ring (bicyclic) bond motifs is 1. The number of para-hydroxylation sites is 1. The average Bonchev–Trinajstić information content (AvgIpc) is 3.20. The first kappa shape index (κ1) is 18.2. The summed E-state index contributed by atoms with van der Waals surface area (Å²) in [6.45, 7) is 0.703. The van der Waals surface area contributed by atoms with E-state index < -0.39 is 4.92 Å². The number of carbonyl (C=O) groups excluding carboxylic acids is 1. The number of non-ortho nitro benzene ring substituents is 1. The van der Waals surface area contributed by atoms with Crippen LogP contribution in [0, 0.1) is 10.1 Å². The van der Waals surface area contributed by atoms with Crippen LogP contribution in [0.15, 0.2) is 58.2 Å². The summed E-state index contributed by atoms with van der Waals surface area (Å²) in [5.41, 5.74) is 2.73. The second-order valence-corrected chi connectivity index (χ2v) is 7.17. The fourth-order valence-electron chi connectivity index (χ4n) is 3.10. The quantitative estimate of drug-likeness (QED) is 0.368. The van der Waals surface area contributed by atoms with E-state index in [-0.39, 0.29) is 28.5 Å². The molecule has 0 atom stereocenters. The molecular weight excluding hydrogens is 380 g/mol. The number of aryl methyl sites for hydroxylation is 1. The van der Waals surface area contributed by atoms with E-state index in [4.69, 9.17) is 4.42 Å². The van der Waals surface area contributed by atoms with Crippen molar-refractivity contribution in [1.82, 2.24) is 10.2 Å². The topological polar surface area (TPSA) is 102 Å². The van der Waals surface area contributed by atoms with Crippen molar-refractivity contribution in [2.45, 2.75) is 18.1 Å². The number of benzene rings is 2. The first-order chi connectivity index (χ1) is 13.6. The van der Waals surface area contributed by atoms with Crippen LogP contribution in [0.5, 0.6) is 0 Å². The number of amides is 1. The highest BCUT2D eigenvalue weighted by molar-refractivity contribution is 7.99. The molecule has 0 saturated heterocycles. The smallest absolute Gasteiger partial charge is 0.277 e. The maximum absolute atomic E-state index is 12.7. The molecule has 1 aliphatic heterocycles. The molecule has 4 rings (SSSR count). The van der Waals surface area contributed by atoms with E-state index in [0.29, 0.717) is 12.1 Å². The molecule has 1 amide bonds. The van der Waals surface area contributed by atoms with Crippen LogP contribution < -0.4 is 4.90 Å². The van der Waals surface area contributed by atoms with Crippen LogP contribution in [0.1, 0.15) is 12.0 Å². The van der Waals surface area contributed by atoms with E-state index in [1.165, 1.54) is 29.5 Å². The summed E-state index contributed by atoms with van der Waals surface area (Å²) in [5, 5.41) is 18.9. The van der Waals surface area contributed by atoms with E-state index in [0.717, 1.165) is 18.5 Å². The third-order valence-electron chi connectivity index (χ3n) is 4.46. The summed E-state index contributed by atoms with van der Waals surface area (Å²) >= 11 is 1.18. The number of nitro groups is 1. The molecule has 142 valence electrons. The Balaban J connectivity index is 1.41. The lowest BCUT2D eigenvalue weighted by Crippen LogP contribution is -2.36. The minimum absolute atomic E-state index is 0.00719. The molecule has 3 aromatic rings. The van der Waals surface area contributed by atoms with Crippen LogP contribution >= 0.6 is 11.8 Å². The maximum Gasteiger partial charge on any atom is 0.277 e. The summed E-state index contributed by atoms with van der Waals surface area (Å²) in [5.74, 6) is 0.441. The number of thioether (sulfide) groups is 1. The number of rotatable bonds is 5. The van der Waals surface area contributed by atoms with Crippen molar-refractivity contribution in [3.05, 3.63) is 64.2 Å². The molecule has 1 aromatic heterocycles. The molecule has 28 heavy (non-hydrogen) atoms. The first-order valence-electron chi connectivity index (χ1n) is 8.71. The van der Waals surface area contributed by atoms with Gasteiger partial charge in [0, 0.05) is 29.9 Å². The van der Waals surface area contributed by atoms with Crippen molar-refractivity contribution < 1.29 is 14.1 Å². The second-order valence-electron chi connectivity index (χ2n) is 6.24. The van der Waals surface area contributed by atoms with Crippen LogP contribution in [0.2, 0.25) is 0 Å². The summed E-state index contributed by atoms with van der Waals surface area (Å²) in [4.78, 5) is 24.7. The fourth-order valence-corrected chi connectivity index (χ4v) is 3.74. The van der Waals surface area contributed by atoms with E-state index in [1.807, 2.05) is 18.2 Å².